The number of sulfonamides is 1. The van der Waals surface area contributed by atoms with E-state index in [1.807, 2.05) is 6.92 Å². The van der Waals surface area contributed by atoms with Crippen molar-refractivity contribution >= 4 is 21.9 Å². The maximum Gasteiger partial charge on any atom is 0.326 e. The average molecular weight is 382 g/mol. The van der Waals surface area contributed by atoms with E-state index in [9.17, 15) is 23.1 Å². The quantitative estimate of drug-likeness (QED) is 0.784. The normalized spacial score (nSPS) is 19.9. The van der Waals surface area contributed by atoms with Gasteiger partial charge in [-0.3, -0.25) is 4.79 Å². The van der Waals surface area contributed by atoms with Gasteiger partial charge >= 0.3 is 5.97 Å². The summed E-state index contributed by atoms with van der Waals surface area (Å²) in [6, 6.07) is 4.64. The Morgan fingerprint density at radius 1 is 1.27 bits per heavy atom. The molecule has 0 radical (unpaired) electrons. The molecule has 0 bridgehead atoms. The molecule has 1 heterocycles. The average Bonchev–Trinajstić information content (AvgIpc) is 2.59. The number of benzene rings is 1. The fourth-order valence-corrected chi connectivity index (χ4v) is 4.85. The molecule has 2 atom stereocenters. The van der Waals surface area contributed by atoms with Crippen LogP contribution in [0.15, 0.2) is 29.2 Å². The van der Waals surface area contributed by atoms with Crippen LogP contribution in [-0.2, 0) is 14.8 Å². The third-order valence-corrected chi connectivity index (χ3v) is 6.67. The van der Waals surface area contributed by atoms with Gasteiger partial charge in [0.2, 0.25) is 10.0 Å². The second-order valence-electron chi connectivity index (χ2n) is 7.02. The molecule has 7 nitrogen and oxygen atoms in total. The smallest absolute Gasteiger partial charge is 0.326 e. The summed E-state index contributed by atoms with van der Waals surface area (Å²) in [6.07, 6.45) is 2.63. The number of aliphatic carboxylic acids is 1. The van der Waals surface area contributed by atoms with Gasteiger partial charge in [0.1, 0.15) is 6.04 Å². The molecule has 0 aromatic heterocycles. The van der Waals surface area contributed by atoms with Crippen LogP contribution in [0.25, 0.3) is 0 Å². The van der Waals surface area contributed by atoms with E-state index in [2.05, 4.69) is 5.32 Å². The van der Waals surface area contributed by atoms with Gasteiger partial charge in [-0.25, -0.2) is 13.2 Å². The van der Waals surface area contributed by atoms with E-state index in [1.54, 1.807) is 13.8 Å². The van der Waals surface area contributed by atoms with Gasteiger partial charge in [0, 0.05) is 18.2 Å². The number of carboxylic acid groups (broad SMARTS) is 1. The first-order chi connectivity index (χ1) is 12.1. The molecule has 1 saturated heterocycles. The number of hydrogen-bond donors (Lipinski definition) is 2. The van der Waals surface area contributed by atoms with Crippen molar-refractivity contribution in [2.75, 3.05) is 6.54 Å². The van der Waals surface area contributed by atoms with Gasteiger partial charge in [-0.15, -0.1) is 0 Å². The molecule has 2 rings (SSSR count). The minimum Gasteiger partial charge on any atom is -0.480 e. The summed E-state index contributed by atoms with van der Waals surface area (Å²) in [7, 11) is -3.69. The number of carbonyl (C=O) groups is 2. The zero-order chi connectivity index (χ0) is 19.5. The SMILES string of the molecule is CC(C)[C@H](NC(=O)c1cccc(S(=O)(=O)N2CCCCC2C)c1)C(=O)O. The van der Waals surface area contributed by atoms with Crippen LogP contribution >= 0.6 is 0 Å². The van der Waals surface area contributed by atoms with Crippen molar-refractivity contribution in [3.05, 3.63) is 29.8 Å². The summed E-state index contributed by atoms with van der Waals surface area (Å²) < 4.78 is 27.3. The minimum absolute atomic E-state index is 0.0512. The van der Waals surface area contributed by atoms with E-state index in [1.165, 1.54) is 28.6 Å². The molecule has 1 aromatic rings. The van der Waals surface area contributed by atoms with E-state index >= 15 is 0 Å². The van der Waals surface area contributed by atoms with Crippen molar-refractivity contribution in [1.82, 2.24) is 9.62 Å². The van der Waals surface area contributed by atoms with Crippen molar-refractivity contribution in [3.63, 3.8) is 0 Å². The minimum atomic E-state index is -3.69. The van der Waals surface area contributed by atoms with Crippen LogP contribution in [-0.4, -0.2) is 48.3 Å². The Morgan fingerprint density at radius 2 is 1.96 bits per heavy atom. The standard InChI is InChI=1S/C18H26N2O5S/c1-12(2)16(18(22)23)19-17(21)14-8-6-9-15(11-14)26(24,25)20-10-5-4-7-13(20)3/h6,8-9,11-13,16H,4-5,7,10H2,1-3H3,(H,19,21)(H,22,23)/t13?,16-/m0/s1. The zero-order valence-electron chi connectivity index (χ0n) is 15.3. The van der Waals surface area contributed by atoms with Gasteiger partial charge in [-0.1, -0.05) is 26.3 Å². The lowest BCUT2D eigenvalue weighted by Gasteiger charge is -2.32. The van der Waals surface area contributed by atoms with Crippen LogP contribution in [0.2, 0.25) is 0 Å². The Bertz CT molecular complexity index is 776. The number of hydrogen-bond acceptors (Lipinski definition) is 4. The van der Waals surface area contributed by atoms with Crippen LogP contribution in [0.4, 0.5) is 0 Å². The third-order valence-electron chi connectivity index (χ3n) is 4.66. The molecule has 0 aliphatic carbocycles. The number of piperidine rings is 1. The van der Waals surface area contributed by atoms with Crippen molar-refractivity contribution in [3.8, 4) is 0 Å². The number of rotatable bonds is 6. The molecule has 0 spiro atoms. The van der Waals surface area contributed by atoms with Crippen molar-refractivity contribution in [2.24, 2.45) is 5.92 Å². The van der Waals surface area contributed by atoms with E-state index < -0.39 is 27.9 Å². The molecule has 1 aromatic carbocycles. The molecule has 0 saturated carbocycles. The molecular weight excluding hydrogens is 356 g/mol. The highest BCUT2D eigenvalue weighted by molar-refractivity contribution is 7.89. The van der Waals surface area contributed by atoms with E-state index in [-0.39, 0.29) is 22.4 Å². The number of carbonyl (C=O) groups excluding carboxylic acids is 1. The van der Waals surface area contributed by atoms with Gasteiger partial charge < -0.3 is 10.4 Å². The topological polar surface area (TPSA) is 104 Å². The highest BCUT2D eigenvalue weighted by Gasteiger charge is 2.31. The monoisotopic (exact) mass is 382 g/mol. The first kappa shape index (κ1) is 20.4. The Labute approximate surface area is 154 Å². The highest BCUT2D eigenvalue weighted by Crippen LogP contribution is 2.25. The Morgan fingerprint density at radius 3 is 2.54 bits per heavy atom. The molecule has 1 aliphatic heterocycles. The lowest BCUT2D eigenvalue weighted by Crippen LogP contribution is -2.44. The van der Waals surface area contributed by atoms with Crippen LogP contribution < -0.4 is 5.32 Å². The molecule has 8 heteroatoms. The van der Waals surface area contributed by atoms with E-state index in [4.69, 9.17) is 0 Å². The van der Waals surface area contributed by atoms with Gasteiger partial charge in [-0.2, -0.15) is 4.31 Å². The van der Waals surface area contributed by atoms with Crippen molar-refractivity contribution in [1.29, 1.82) is 0 Å². The summed E-state index contributed by atoms with van der Waals surface area (Å²) in [6.45, 7) is 5.73. The fraction of sp³-hybridized carbons (Fsp3) is 0.556. The molecule has 1 unspecified atom stereocenters. The molecule has 1 amide bonds. The van der Waals surface area contributed by atoms with Crippen molar-refractivity contribution in [2.45, 2.75) is 57.0 Å². The molecular formula is C18H26N2O5S. The second kappa shape index (κ2) is 8.18. The van der Waals surface area contributed by atoms with Gasteiger partial charge in [0.25, 0.3) is 5.91 Å². The maximum atomic E-state index is 12.9. The maximum absolute atomic E-state index is 12.9. The summed E-state index contributed by atoms with van der Waals surface area (Å²) in [5.41, 5.74) is 0.127. The highest BCUT2D eigenvalue weighted by atomic mass is 32.2. The van der Waals surface area contributed by atoms with Crippen molar-refractivity contribution < 1.29 is 23.1 Å². The fourth-order valence-electron chi connectivity index (χ4n) is 3.10. The third kappa shape index (κ3) is 4.42. The van der Waals surface area contributed by atoms with Crippen LogP contribution in [0.3, 0.4) is 0 Å². The van der Waals surface area contributed by atoms with Crippen LogP contribution in [0.5, 0.6) is 0 Å². The molecule has 26 heavy (non-hydrogen) atoms. The van der Waals surface area contributed by atoms with E-state index in [0.29, 0.717) is 6.54 Å². The molecule has 144 valence electrons. The summed E-state index contributed by atoms with van der Waals surface area (Å²) in [4.78, 5) is 23.7. The van der Waals surface area contributed by atoms with Gasteiger partial charge in [0.15, 0.2) is 0 Å². The predicted octanol–water partition coefficient (Wildman–Crippen LogP) is 2.09. The zero-order valence-corrected chi connectivity index (χ0v) is 16.1. The van der Waals surface area contributed by atoms with Gasteiger partial charge in [0.05, 0.1) is 4.90 Å². The first-order valence-corrected chi connectivity index (χ1v) is 10.2. The summed E-state index contributed by atoms with van der Waals surface area (Å²) in [5.74, 6) is -2.02. The lowest BCUT2D eigenvalue weighted by atomic mass is 10.0. The number of nitrogens with one attached hydrogen (secondary N) is 1. The lowest BCUT2D eigenvalue weighted by molar-refractivity contribution is -0.140. The molecule has 1 aliphatic rings. The second-order valence-corrected chi connectivity index (χ2v) is 8.91. The summed E-state index contributed by atoms with van der Waals surface area (Å²) in [5, 5.41) is 11.7. The largest absolute Gasteiger partial charge is 0.480 e. The van der Waals surface area contributed by atoms with Crippen LogP contribution in [0.1, 0.15) is 50.4 Å². The number of nitrogens with zero attached hydrogens (tertiary/aromatic N) is 1. The predicted molar refractivity (Wildman–Crippen MR) is 97.4 cm³/mol. The Hall–Kier alpha value is -1.93. The van der Waals surface area contributed by atoms with Crippen LogP contribution in [0, 0.1) is 5.92 Å². The number of carboxylic acids is 1. The Balaban J connectivity index is 2.27. The Kier molecular flexibility index (Phi) is 6.41. The molecule has 2 N–H and O–H groups in total. The van der Waals surface area contributed by atoms with E-state index in [0.717, 1.165) is 19.3 Å². The number of amides is 1. The first-order valence-electron chi connectivity index (χ1n) is 8.80. The molecule has 1 fully saturated rings. The summed E-state index contributed by atoms with van der Waals surface area (Å²) >= 11 is 0. The van der Waals surface area contributed by atoms with Gasteiger partial charge in [-0.05, 0) is 43.9 Å².